The number of rotatable bonds is 10. The maximum Gasteiger partial charge on any atom is 0.408 e. The average molecular weight is 667 g/mol. The molecule has 1 atom stereocenters. The van der Waals surface area contributed by atoms with Crippen molar-refractivity contribution >= 4 is 34.6 Å². The van der Waals surface area contributed by atoms with Crippen LogP contribution in [0.15, 0.2) is 58.8 Å². The molecule has 1 aliphatic heterocycles. The zero-order chi connectivity index (χ0) is 34.7. The molecule has 0 bridgehead atoms. The van der Waals surface area contributed by atoms with E-state index < -0.39 is 58.8 Å². The third-order valence-electron chi connectivity index (χ3n) is 8.27. The summed E-state index contributed by atoms with van der Waals surface area (Å²) in [6.07, 6.45) is 3.02. The first-order valence-electron chi connectivity index (χ1n) is 15.9. The van der Waals surface area contributed by atoms with E-state index in [1.54, 1.807) is 30.2 Å². The molecule has 3 N–H and O–H groups in total. The van der Waals surface area contributed by atoms with Gasteiger partial charge in [0.1, 0.15) is 28.7 Å². The van der Waals surface area contributed by atoms with Crippen molar-refractivity contribution < 1.29 is 37.7 Å². The molecule has 1 saturated carbocycles. The molecule has 256 valence electrons. The van der Waals surface area contributed by atoms with Gasteiger partial charge in [-0.15, -0.1) is 0 Å². The van der Waals surface area contributed by atoms with Crippen LogP contribution in [-0.4, -0.2) is 66.0 Å². The van der Waals surface area contributed by atoms with Gasteiger partial charge >= 0.3 is 12.1 Å². The summed E-state index contributed by atoms with van der Waals surface area (Å²) >= 11 is 0. The van der Waals surface area contributed by atoms with Crippen LogP contribution in [0.5, 0.6) is 5.75 Å². The molecule has 1 saturated heterocycles. The summed E-state index contributed by atoms with van der Waals surface area (Å²) < 4.78 is 44.2. The van der Waals surface area contributed by atoms with Gasteiger partial charge in [-0.1, -0.05) is 30.3 Å². The minimum Gasteiger partial charge on any atom is -0.492 e. The third kappa shape index (κ3) is 7.77. The van der Waals surface area contributed by atoms with E-state index in [1.807, 2.05) is 30.3 Å². The second-order valence-electron chi connectivity index (χ2n) is 13.1. The van der Waals surface area contributed by atoms with E-state index in [2.05, 4.69) is 10.6 Å². The normalized spacial score (nSPS) is 16.7. The summed E-state index contributed by atoms with van der Waals surface area (Å²) in [5.41, 5.74) is -0.589. The molecule has 13 heteroatoms. The Bertz CT molecular complexity index is 1810. The van der Waals surface area contributed by atoms with Crippen molar-refractivity contribution in [1.82, 2.24) is 15.2 Å². The van der Waals surface area contributed by atoms with Gasteiger partial charge in [0, 0.05) is 31.7 Å². The molecule has 1 aliphatic carbocycles. The molecule has 1 unspecified atom stereocenters. The number of hydrogen-bond acceptors (Lipinski definition) is 7. The zero-order valence-corrected chi connectivity index (χ0v) is 27.4. The van der Waals surface area contributed by atoms with Crippen molar-refractivity contribution in [2.45, 2.75) is 70.6 Å². The minimum absolute atomic E-state index is 0.00897. The van der Waals surface area contributed by atoms with Gasteiger partial charge in [0.05, 0.1) is 24.6 Å². The number of halogens is 2. The number of carbonyl (C=O) groups excluding carboxylic acids is 2. The number of benzene rings is 2. The van der Waals surface area contributed by atoms with Crippen LogP contribution in [0.4, 0.5) is 19.3 Å². The van der Waals surface area contributed by atoms with Crippen molar-refractivity contribution in [3.8, 4) is 5.75 Å². The predicted molar refractivity (Wildman–Crippen MR) is 176 cm³/mol. The van der Waals surface area contributed by atoms with E-state index in [0.29, 0.717) is 25.0 Å². The number of aromatic carboxylic acids is 1. The molecule has 0 radical (unpaired) electrons. The van der Waals surface area contributed by atoms with Gasteiger partial charge in [0.25, 0.3) is 0 Å². The SMILES string of the molecule is COc1c(N2CCCC(=C(F)CNC(=O)C(Cc3ccccc3)NC(=O)OC(C)(C)C)C2)c(F)cc2c(=O)c(C(=O)O)cn(C3CC3)c12. The number of amides is 2. The van der Waals surface area contributed by atoms with Gasteiger partial charge in [0.2, 0.25) is 11.3 Å². The Balaban J connectivity index is 1.38. The lowest BCUT2D eigenvalue weighted by Crippen LogP contribution is -2.49. The van der Waals surface area contributed by atoms with E-state index >= 15 is 8.78 Å². The third-order valence-corrected chi connectivity index (χ3v) is 8.27. The van der Waals surface area contributed by atoms with Crippen LogP contribution in [0.2, 0.25) is 0 Å². The van der Waals surface area contributed by atoms with Gasteiger partial charge in [0.15, 0.2) is 11.6 Å². The van der Waals surface area contributed by atoms with Crippen LogP contribution < -0.4 is 25.7 Å². The number of fused-ring (bicyclic) bond motifs is 1. The average Bonchev–Trinajstić information content (AvgIpc) is 3.88. The summed E-state index contributed by atoms with van der Waals surface area (Å²) in [5.74, 6) is -3.33. The number of anilines is 1. The van der Waals surface area contributed by atoms with Gasteiger partial charge in [-0.05, 0) is 63.7 Å². The number of hydrogen-bond donors (Lipinski definition) is 3. The maximum absolute atomic E-state index is 15.8. The lowest BCUT2D eigenvalue weighted by molar-refractivity contribution is -0.123. The first-order valence-corrected chi connectivity index (χ1v) is 15.9. The molecule has 0 spiro atoms. The van der Waals surface area contributed by atoms with E-state index in [1.165, 1.54) is 13.3 Å². The molecule has 5 rings (SSSR count). The van der Waals surface area contributed by atoms with Gasteiger partial charge in [-0.2, -0.15) is 0 Å². The number of methoxy groups -OCH3 is 1. The van der Waals surface area contributed by atoms with Crippen molar-refractivity contribution in [2.75, 3.05) is 31.6 Å². The Morgan fingerprint density at radius 1 is 1.15 bits per heavy atom. The monoisotopic (exact) mass is 666 g/mol. The largest absolute Gasteiger partial charge is 0.492 e. The summed E-state index contributed by atoms with van der Waals surface area (Å²) in [6.45, 7) is 5.02. The molecule has 2 aliphatic rings. The van der Waals surface area contributed by atoms with E-state index in [-0.39, 0.29) is 41.3 Å². The first-order chi connectivity index (χ1) is 22.8. The first kappa shape index (κ1) is 34.4. The van der Waals surface area contributed by atoms with E-state index in [0.717, 1.165) is 24.5 Å². The van der Waals surface area contributed by atoms with Crippen LogP contribution >= 0.6 is 0 Å². The minimum atomic E-state index is -1.40. The van der Waals surface area contributed by atoms with E-state index in [9.17, 15) is 24.3 Å². The molecule has 2 heterocycles. The molecule has 2 aromatic carbocycles. The number of carboxylic acids is 1. The summed E-state index contributed by atoms with van der Waals surface area (Å²) in [6, 6.07) is 8.99. The topological polar surface area (TPSA) is 139 Å². The van der Waals surface area contributed by atoms with Crippen molar-refractivity contribution in [2.24, 2.45) is 0 Å². The number of pyridine rings is 1. The standard InChI is InChI=1S/C35H40F2N4O7/c1-35(2,3)48-34(46)39-27(15-20-9-6-5-7-10-20)32(43)38-17-26(37)21-11-8-14-40(18-21)29-25(36)16-23-28(31(29)47-4)41(22-12-13-22)19-24(30(23)42)33(44)45/h5-7,9-10,16,19,22,27H,8,11-15,17-18H2,1-4H3,(H,38,43)(H,39,46)(H,44,45). The molecule has 11 nitrogen and oxygen atoms in total. The van der Waals surface area contributed by atoms with Crippen LogP contribution in [0.25, 0.3) is 10.9 Å². The quantitative estimate of drug-likeness (QED) is 0.267. The molecular formula is C35H40F2N4O7. The Kier molecular flexibility index (Phi) is 10.1. The number of alkyl carbamates (subject to hydrolysis) is 1. The summed E-state index contributed by atoms with van der Waals surface area (Å²) in [7, 11) is 1.35. The number of nitrogens with zero attached hydrogens (tertiary/aromatic N) is 2. The Labute approximate surface area is 276 Å². The fourth-order valence-electron chi connectivity index (χ4n) is 5.93. The highest BCUT2D eigenvalue weighted by atomic mass is 19.1. The number of carbonyl (C=O) groups is 3. The highest BCUT2D eigenvalue weighted by Gasteiger charge is 2.32. The van der Waals surface area contributed by atoms with Gasteiger partial charge in [-0.3, -0.25) is 9.59 Å². The molecule has 1 aromatic heterocycles. The smallest absolute Gasteiger partial charge is 0.408 e. The fourth-order valence-corrected chi connectivity index (χ4v) is 5.93. The van der Waals surface area contributed by atoms with Gasteiger partial charge in [-0.25, -0.2) is 18.4 Å². The zero-order valence-electron chi connectivity index (χ0n) is 27.4. The number of carboxylic acid groups (broad SMARTS) is 1. The predicted octanol–water partition coefficient (Wildman–Crippen LogP) is 5.26. The Morgan fingerprint density at radius 3 is 2.48 bits per heavy atom. The van der Waals surface area contributed by atoms with Crippen LogP contribution in [0, 0.1) is 5.82 Å². The Morgan fingerprint density at radius 2 is 1.85 bits per heavy atom. The summed E-state index contributed by atoms with van der Waals surface area (Å²) in [5, 5.41) is 14.7. The van der Waals surface area contributed by atoms with Crippen molar-refractivity contribution in [1.29, 1.82) is 0 Å². The van der Waals surface area contributed by atoms with Gasteiger partial charge < -0.3 is 34.7 Å². The Hall–Kier alpha value is -4.94. The van der Waals surface area contributed by atoms with Crippen LogP contribution in [0.1, 0.15) is 68.4 Å². The highest BCUT2D eigenvalue weighted by Crippen LogP contribution is 2.44. The second-order valence-corrected chi connectivity index (χ2v) is 13.1. The number of nitrogens with one attached hydrogen (secondary N) is 2. The van der Waals surface area contributed by atoms with Crippen molar-refractivity contribution in [3.05, 3.63) is 81.2 Å². The van der Waals surface area contributed by atoms with Crippen molar-refractivity contribution in [3.63, 3.8) is 0 Å². The lowest BCUT2D eigenvalue weighted by atomic mass is 10.0. The van der Waals surface area contributed by atoms with E-state index in [4.69, 9.17) is 9.47 Å². The highest BCUT2D eigenvalue weighted by molar-refractivity contribution is 5.97. The number of aromatic nitrogens is 1. The molecular weight excluding hydrogens is 626 g/mol. The lowest BCUT2D eigenvalue weighted by Gasteiger charge is -2.33. The van der Waals surface area contributed by atoms with Crippen LogP contribution in [-0.2, 0) is 16.0 Å². The fraction of sp³-hybridized carbons (Fsp3) is 0.429. The molecule has 2 fully saturated rings. The second kappa shape index (κ2) is 14.0. The number of ether oxygens (including phenoxy) is 2. The van der Waals surface area contributed by atoms with Crippen LogP contribution in [0.3, 0.4) is 0 Å². The molecule has 3 aromatic rings. The maximum atomic E-state index is 15.8. The molecule has 48 heavy (non-hydrogen) atoms. The summed E-state index contributed by atoms with van der Waals surface area (Å²) in [4.78, 5) is 52.2. The molecule has 2 amide bonds. The number of piperidine rings is 1.